The van der Waals surface area contributed by atoms with Gasteiger partial charge in [-0.3, -0.25) is 9.59 Å². The number of nitrogens with zero attached hydrogens (tertiary/aromatic N) is 1. The zero-order chi connectivity index (χ0) is 13.6. The molecule has 2 N–H and O–H groups in total. The van der Waals surface area contributed by atoms with E-state index < -0.39 is 0 Å². The lowest BCUT2D eigenvalue weighted by molar-refractivity contribution is -0.116. The molecule has 1 aromatic carbocycles. The fourth-order valence-electron chi connectivity index (χ4n) is 2.61. The van der Waals surface area contributed by atoms with Gasteiger partial charge in [-0.15, -0.1) is 0 Å². The predicted molar refractivity (Wildman–Crippen MR) is 67.6 cm³/mol. The number of nitrogens with one attached hydrogen (secondary N) is 1. The largest absolute Gasteiger partial charge is 0.504 e. The Bertz CT molecular complexity index is 570. The normalized spacial score (nSPS) is 21.5. The van der Waals surface area contributed by atoms with Gasteiger partial charge >= 0.3 is 0 Å². The van der Waals surface area contributed by atoms with Crippen molar-refractivity contribution in [2.75, 3.05) is 25.5 Å². The van der Waals surface area contributed by atoms with Crippen molar-refractivity contribution in [2.24, 2.45) is 0 Å². The molecular formula is C13H14N2O4. The van der Waals surface area contributed by atoms with Gasteiger partial charge in [0.15, 0.2) is 17.3 Å². The summed E-state index contributed by atoms with van der Waals surface area (Å²) in [5.41, 5.74) is 0.997. The highest BCUT2D eigenvalue weighted by molar-refractivity contribution is 6.04. The van der Waals surface area contributed by atoms with Gasteiger partial charge in [-0.2, -0.15) is 0 Å². The van der Waals surface area contributed by atoms with Crippen LogP contribution in [0.3, 0.4) is 0 Å². The summed E-state index contributed by atoms with van der Waals surface area (Å²) in [6.07, 6.45) is 0.385. The van der Waals surface area contributed by atoms with Crippen LogP contribution in [-0.4, -0.2) is 47.9 Å². The summed E-state index contributed by atoms with van der Waals surface area (Å²) in [5, 5.41) is 12.9. The fraction of sp³-hybridized carbons (Fsp3) is 0.385. The standard InChI is InChI=1S/C13H14N2O4/c1-19-12-3-9-10(4-11(12)17)14-5-7-2-8(16)6-15(7)13(9)18/h3-4,7,14,17H,2,5-6H2,1H3/t7-/m0/s1. The summed E-state index contributed by atoms with van der Waals surface area (Å²) in [6.45, 7) is 0.671. The van der Waals surface area contributed by atoms with Gasteiger partial charge in [0.1, 0.15) is 0 Å². The first-order valence-electron chi connectivity index (χ1n) is 6.07. The highest BCUT2D eigenvalue weighted by atomic mass is 16.5. The molecule has 0 saturated carbocycles. The van der Waals surface area contributed by atoms with Gasteiger partial charge in [-0.1, -0.05) is 0 Å². The molecule has 0 unspecified atom stereocenters. The van der Waals surface area contributed by atoms with E-state index in [1.807, 2.05) is 0 Å². The van der Waals surface area contributed by atoms with Crippen LogP contribution in [0.15, 0.2) is 12.1 Å². The summed E-state index contributed by atoms with van der Waals surface area (Å²) in [7, 11) is 1.43. The third kappa shape index (κ3) is 1.80. The van der Waals surface area contributed by atoms with Gasteiger partial charge in [0, 0.05) is 19.0 Å². The van der Waals surface area contributed by atoms with Crippen molar-refractivity contribution in [3.63, 3.8) is 0 Å². The molecule has 3 rings (SSSR count). The lowest BCUT2D eigenvalue weighted by Gasteiger charge is -2.20. The Labute approximate surface area is 110 Å². The summed E-state index contributed by atoms with van der Waals surface area (Å²) >= 11 is 0. The number of ether oxygens (including phenoxy) is 1. The van der Waals surface area contributed by atoms with Crippen molar-refractivity contribution in [1.29, 1.82) is 0 Å². The molecule has 1 saturated heterocycles. The molecule has 6 heteroatoms. The zero-order valence-electron chi connectivity index (χ0n) is 10.5. The number of hydrogen-bond donors (Lipinski definition) is 2. The number of carbonyl (C=O) groups excluding carboxylic acids is 2. The molecule has 1 amide bonds. The lowest BCUT2D eigenvalue weighted by atomic mass is 10.1. The number of methoxy groups -OCH3 is 1. The Hall–Kier alpha value is -2.24. The monoisotopic (exact) mass is 262 g/mol. The van der Waals surface area contributed by atoms with Crippen LogP contribution in [0, 0.1) is 0 Å². The molecule has 2 heterocycles. The average molecular weight is 262 g/mol. The lowest BCUT2D eigenvalue weighted by Crippen LogP contribution is -2.37. The van der Waals surface area contributed by atoms with E-state index in [-0.39, 0.29) is 35.8 Å². The van der Waals surface area contributed by atoms with E-state index in [2.05, 4.69) is 5.32 Å². The molecule has 0 spiro atoms. The highest BCUT2D eigenvalue weighted by Crippen LogP contribution is 2.35. The molecule has 0 aromatic heterocycles. The van der Waals surface area contributed by atoms with E-state index >= 15 is 0 Å². The number of phenolic OH excluding ortho intramolecular Hbond substituents is 1. The number of amides is 1. The second-order valence-electron chi connectivity index (χ2n) is 4.78. The van der Waals surface area contributed by atoms with Crippen LogP contribution in [0.5, 0.6) is 11.5 Å². The molecule has 2 aliphatic heterocycles. The van der Waals surface area contributed by atoms with E-state index in [1.165, 1.54) is 19.2 Å². The number of carbonyl (C=O) groups is 2. The summed E-state index contributed by atoms with van der Waals surface area (Å²) < 4.78 is 5.02. The average Bonchev–Trinajstić information content (AvgIpc) is 2.71. The number of phenols is 1. The number of aromatic hydroxyl groups is 1. The molecule has 100 valence electrons. The van der Waals surface area contributed by atoms with Crippen LogP contribution in [0.25, 0.3) is 0 Å². The third-order valence-electron chi connectivity index (χ3n) is 3.59. The molecule has 0 aliphatic carbocycles. The van der Waals surface area contributed by atoms with Crippen LogP contribution in [-0.2, 0) is 4.79 Å². The number of anilines is 1. The molecule has 19 heavy (non-hydrogen) atoms. The van der Waals surface area contributed by atoms with Crippen LogP contribution >= 0.6 is 0 Å². The maximum Gasteiger partial charge on any atom is 0.256 e. The first-order valence-corrected chi connectivity index (χ1v) is 6.07. The van der Waals surface area contributed by atoms with Gasteiger partial charge in [0.25, 0.3) is 5.91 Å². The molecule has 0 radical (unpaired) electrons. The number of benzene rings is 1. The minimum atomic E-state index is -0.200. The van der Waals surface area contributed by atoms with Gasteiger partial charge < -0.3 is 20.1 Å². The summed E-state index contributed by atoms with van der Waals surface area (Å²) in [6, 6.07) is 2.88. The van der Waals surface area contributed by atoms with Crippen molar-refractivity contribution in [3.8, 4) is 11.5 Å². The van der Waals surface area contributed by atoms with Crippen molar-refractivity contribution in [3.05, 3.63) is 17.7 Å². The minimum Gasteiger partial charge on any atom is -0.504 e. The van der Waals surface area contributed by atoms with Gasteiger partial charge in [-0.05, 0) is 6.07 Å². The molecule has 1 atom stereocenters. The zero-order valence-corrected chi connectivity index (χ0v) is 10.5. The van der Waals surface area contributed by atoms with E-state index in [1.54, 1.807) is 4.90 Å². The molecule has 6 nitrogen and oxygen atoms in total. The summed E-state index contributed by atoms with van der Waals surface area (Å²) in [5.74, 6) is 0.112. The number of hydrogen-bond acceptors (Lipinski definition) is 5. The first-order chi connectivity index (χ1) is 9.10. The second-order valence-corrected chi connectivity index (χ2v) is 4.78. The van der Waals surface area contributed by atoms with E-state index in [9.17, 15) is 14.7 Å². The highest BCUT2D eigenvalue weighted by Gasteiger charge is 2.37. The van der Waals surface area contributed by atoms with E-state index in [0.717, 1.165) is 0 Å². The van der Waals surface area contributed by atoms with Crippen LogP contribution in [0.2, 0.25) is 0 Å². The molecular weight excluding hydrogens is 248 g/mol. The van der Waals surface area contributed by atoms with Crippen molar-refractivity contribution >= 4 is 17.4 Å². The molecule has 0 bridgehead atoms. The Morgan fingerprint density at radius 3 is 2.95 bits per heavy atom. The Morgan fingerprint density at radius 1 is 1.42 bits per heavy atom. The van der Waals surface area contributed by atoms with Gasteiger partial charge in [0.2, 0.25) is 0 Å². The first kappa shape index (κ1) is 11.8. The molecule has 1 aromatic rings. The number of Topliss-reactive ketones (excluding diaryl/α,β-unsaturated/α-hetero) is 1. The van der Waals surface area contributed by atoms with Crippen LogP contribution in [0.1, 0.15) is 16.8 Å². The smallest absolute Gasteiger partial charge is 0.256 e. The number of rotatable bonds is 1. The second kappa shape index (κ2) is 4.15. The maximum absolute atomic E-state index is 12.4. The predicted octanol–water partition coefficient (Wildman–Crippen LogP) is 0.610. The van der Waals surface area contributed by atoms with Crippen molar-refractivity contribution in [1.82, 2.24) is 4.90 Å². The quantitative estimate of drug-likeness (QED) is 0.775. The minimum absolute atomic E-state index is 0.0142. The van der Waals surface area contributed by atoms with Crippen LogP contribution in [0.4, 0.5) is 5.69 Å². The fourth-order valence-corrected chi connectivity index (χ4v) is 2.61. The number of ketones is 1. The molecule has 2 aliphatic rings. The van der Waals surface area contributed by atoms with Crippen LogP contribution < -0.4 is 10.1 Å². The van der Waals surface area contributed by atoms with Gasteiger partial charge in [-0.25, -0.2) is 0 Å². The maximum atomic E-state index is 12.4. The third-order valence-corrected chi connectivity index (χ3v) is 3.59. The van der Waals surface area contributed by atoms with Crippen molar-refractivity contribution < 1.29 is 19.4 Å². The SMILES string of the molecule is COc1cc2c(cc1O)NC[C@@H]1CC(=O)CN1C2=O. The Morgan fingerprint density at radius 2 is 2.21 bits per heavy atom. The topological polar surface area (TPSA) is 78.9 Å². The van der Waals surface area contributed by atoms with E-state index in [4.69, 9.17) is 4.74 Å². The Balaban J connectivity index is 2.06. The van der Waals surface area contributed by atoms with Crippen molar-refractivity contribution in [2.45, 2.75) is 12.5 Å². The Kier molecular flexibility index (Phi) is 2.58. The number of fused-ring (bicyclic) bond motifs is 2. The van der Waals surface area contributed by atoms with Gasteiger partial charge in [0.05, 0.1) is 30.9 Å². The molecule has 1 fully saturated rings. The van der Waals surface area contributed by atoms with E-state index in [0.29, 0.717) is 24.2 Å². The summed E-state index contributed by atoms with van der Waals surface area (Å²) in [4.78, 5) is 25.5.